The van der Waals surface area contributed by atoms with Crippen molar-refractivity contribution in [1.82, 2.24) is 4.90 Å². The number of carbonyl (C=O) groups excluding carboxylic acids is 1. The van der Waals surface area contributed by atoms with E-state index in [0.29, 0.717) is 17.7 Å². The third-order valence-electron chi connectivity index (χ3n) is 4.67. The van der Waals surface area contributed by atoms with E-state index in [2.05, 4.69) is 22.4 Å². The minimum Gasteiger partial charge on any atom is -0.299 e. The van der Waals surface area contributed by atoms with Gasteiger partial charge in [-0.05, 0) is 43.7 Å². The van der Waals surface area contributed by atoms with Crippen LogP contribution in [0.5, 0.6) is 0 Å². The highest BCUT2D eigenvalue weighted by Crippen LogP contribution is 2.32. The number of likely N-dealkylation sites (tertiary alicyclic amines) is 1. The van der Waals surface area contributed by atoms with Crippen LogP contribution < -0.4 is 0 Å². The number of Topliss-reactive ketones (excluding diaryl/α,β-unsaturated/α-hetero) is 1. The Morgan fingerprint density at radius 1 is 1.21 bits per heavy atom. The summed E-state index contributed by atoms with van der Waals surface area (Å²) in [5.41, 5.74) is 0. The molecule has 2 fully saturated rings. The van der Waals surface area contributed by atoms with Crippen LogP contribution in [0, 0.1) is 5.92 Å². The molecular weight excluding hydrogens is 254 g/mol. The smallest absolute Gasteiger partial charge is 0.137 e. The molecular formula is C16H23NOS. The maximum absolute atomic E-state index is 12.2. The van der Waals surface area contributed by atoms with Crippen molar-refractivity contribution < 1.29 is 4.79 Å². The Hall–Kier alpha value is -0.670. The van der Waals surface area contributed by atoms with Gasteiger partial charge in [0.05, 0.1) is 0 Å². The molecule has 104 valence electrons. The summed E-state index contributed by atoms with van der Waals surface area (Å²) in [7, 11) is 0. The lowest BCUT2D eigenvalue weighted by Gasteiger charge is -2.41. The van der Waals surface area contributed by atoms with Crippen molar-refractivity contribution in [2.75, 3.05) is 6.54 Å². The molecule has 2 unspecified atom stereocenters. The van der Waals surface area contributed by atoms with Gasteiger partial charge in [0.1, 0.15) is 5.78 Å². The number of hydrogen-bond donors (Lipinski definition) is 0. The van der Waals surface area contributed by atoms with E-state index in [-0.39, 0.29) is 0 Å². The summed E-state index contributed by atoms with van der Waals surface area (Å²) in [6.07, 6.45) is 8.14. The topological polar surface area (TPSA) is 20.3 Å². The highest BCUT2D eigenvalue weighted by Gasteiger charge is 2.35. The Morgan fingerprint density at radius 3 is 2.89 bits per heavy atom. The first-order chi connectivity index (χ1) is 9.34. The summed E-state index contributed by atoms with van der Waals surface area (Å²) in [5.74, 6) is 0.864. The lowest BCUT2D eigenvalue weighted by molar-refractivity contribution is -0.127. The number of ketones is 1. The van der Waals surface area contributed by atoms with Gasteiger partial charge in [-0.2, -0.15) is 0 Å². The fourth-order valence-electron chi connectivity index (χ4n) is 3.69. The van der Waals surface area contributed by atoms with Gasteiger partial charge < -0.3 is 0 Å². The molecule has 1 aromatic rings. The summed E-state index contributed by atoms with van der Waals surface area (Å²) >= 11 is 1.84. The van der Waals surface area contributed by atoms with Gasteiger partial charge in [-0.25, -0.2) is 0 Å². The van der Waals surface area contributed by atoms with E-state index in [0.717, 1.165) is 25.8 Å². The standard InChI is InChI=1S/C16H23NOS/c18-16-9-2-1-7-14(16)15-8-3-4-10-17(15)12-13-6-5-11-19-13/h5-6,11,14-15H,1-4,7-10,12H2. The SMILES string of the molecule is O=C1CCCCC1C1CCCCN1Cc1cccs1. The minimum absolute atomic E-state index is 0.328. The first-order valence-electron chi connectivity index (χ1n) is 7.64. The first kappa shape index (κ1) is 13.3. The van der Waals surface area contributed by atoms with Crippen LogP contribution in [0.25, 0.3) is 0 Å². The number of nitrogens with zero attached hydrogens (tertiary/aromatic N) is 1. The molecule has 1 aliphatic carbocycles. The molecule has 1 aromatic heterocycles. The molecule has 1 aliphatic heterocycles. The Morgan fingerprint density at radius 2 is 2.11 bits per heavy atom. The van der Waals surface area contributed by atoms with Gasteiger partial charge in [0, 0.05) is 29.8 Å². The van der Waals surface area contributed by atoms with Crippen molar-refractivity contribution >= 4 is 17.1 Å². The molecule has 2 nitrogen and oxygen atoms in total. The summed E-state index contributed by atoms with van der Waals surface area (Å²) in [4.78, 5) is 16.2. The van der Waals surface area contributed by atoms with Crippen molar-refractivity contribution in [2.45, 2.75) is 57.5 Å². The van der Waals surface area contributed by atoms with E-state index >= 15 is 0 Å². The van der Waals surface area contributed by atoms with Crippen molar-refractivity contribution in [3.63, 3.8) is 0 Å². The summed E-state index contributed by atoms with van der Waals surface area (Å²) in [6, 6.07) is 4.87. The average Bonchev–Trinajstić information content (AvgIpc) is 2.93. The predicted octanol–water partition coefficient (Wildman–Crippen LogP) is 3.86. The van der Waals surface area contributed by atoms with Crippen LogP contribution in [0.15, 0.2) is 17.5 Å². The molecule has 0 aromatic carbocycles. The van der Waals surface area contributed by atoms with Crippen LogP contribution in [0.1, 0.15) is 49.8 Å². The Bertz CT molecular complexity index is 414. The molecule has 1 saturated heterocycles. The van der Waals surface area contributed by atoms with Crippen LogP contribution in [-0.4, -0.2) is 23.3 Å². The van der Waals surface area contributed by atoms with Gasteiger partial charge in [-0.3, -0.25) is 9.69 Å². The van der Waals surface area contributed by atoms with Crippen LogP contribution in [-0.2, 0) is 11.3 Å². The van der Waals surface area contributed by atoms with Crippen LogP contribution >= 0.6 is 11.3 Å². The molecule has 0 bridgehead atoms. The highest BCUT2D eigenvalue weighted by atomic mass is 32.1. The maximum atomic E-state index is 12.2. The minimum atomic E-state index is 0.328. The van der Waals surface area contributed by atoms with E-state index in [9.17, 15) is 4.79 Å². The fourth-order valence-corrected chi connectivity index (χ4v) is 4.42. The molecule has 3 heteroatoms. The van der Waals surface area contributed by atoms with E-state index in [1.807, 2.05) is 11.3 Å². The van der Waals surface area contributed by atoms with Crippen molar-refractivity contribution in [3.05, 3.63) is 22.4 Å². The number of carbonyl (C=O) groups is 1. The Labute approximate surface area is 119 Å². The van der Waals surface area contributed by atoms with Gasteiger partial charge in [0.2, 0.25) is 0 Å². The molecule has 19 heavy (non-hydrogen) atoms. The second-order valence-corrected chi connectivity index (χ2v) is 6.96. The largest absolute Gasteiger partial charge is 0.299 e. The lowest BCUT2D eigenvalue weighted by atomic mass is 9.79. The van der Waals surface area contributed by atoms with Crippen molar-refractivity contribution in [2.24, 2.45) is 5.92 Å². The highest BCUT2D eigenvalue weighted by molar-refractivity contribution is 7.09. The molecule has 2 aliphatic rings. The van der Waals surface area contributed by atoms with Gasteiger partial charge in [0.15, 0.2) is 0 Å². The summed E-state index contributed by atoms with van der Waals surface area (Å²) < 4.78 is 0. The molecule has 0 amide bonds. The van der Waals surface area contributed by atoms with Crippen LogP contribution in [0.3, 0.4) is 0 Å². The zero-order chi connectivity index (χ0) is 13.1. The van der Waals surface area contributed by atoms with E-state index in [4.69, 9.17) is 0 Å². The van der Waals surface area contributed by atoms with Gasteiger partial charge in [-0.1, -0.05) is 18.9 Å². The van der Waals surface area contributed by atoms with Crippen molar-refractivity contribution in [1.29, 1.82) is 0 Å². The number of rotatable bonds is 3. The Balaban J connectivity index is 1.71. The van der Waals surface area contributed by atoms with Gasteiger partial charge in [-0.15, -0.1) is 11.3 Å². The zero-order valence-corrected chi connectivity index (χ0v) is 12.3. The number of piperidine rings is 1. The van der Waals surface area contributed by atoms with Crippen molar-refractivity contribution in [3.8, 4) is 0 Å². The van der Waals surface area contributed by atoms with Gasteiger partial charge >= 0.3 is 0 Å². The van der Waals surface area contributed by atoms with E-state index < -0.39 is 0 Å². The zero-order valence-electron chi connectivity index (χ0n) is 11.5. The van der Waals surface area contributed by atoms with Gasteiger partial charge in [0.25, 0.3) is 0 Å². The third kappa shape index (κ3) is 3.09. The fraction of sp³-hybridized carbons (Fsp3) is 0.688. The molecule has 0 radical (unpaired) electrons. The summed E-state index contributed by atoms with van der Waals surface area (Å²) in [5, 5.41) is 2.15. The van der Waals surface area contributed by atoms with E-state index in [1.165, 1.54) is 37.1 Å². The third-order valence-corrected chi connectivity index (χ3v) is 5.53. The normalized spacial score (nSPS) is 29.6. The maximum Gasteiger partial charge on any atom is 0.137 e. The molecule has 1 saturated carbocycles. The molecule has 0 spiro atoms. The molecule has 2 atom stereocenters. The average molecular weight is 277 g/mol. The summed E-state index contributed by atoms with van der Waals surface area (Å²) in [6.45, 7) is 2.22. The molecule has 0 N–H and O–H groups in total. The van der Waals surface area contributed by atoms with E-state index in [1.54, 1.807) is 0 Å². The Kier molecular flexibility index (Phi) is 4.34. The van der Waals surface area contributed by atoms with Crippen LogP contribution in [0.4, 0.5) is 0 Å². The predicted molar refractivity (Wildman–Crippen MR) is 79.3 cm³/mol. The second-order valence-electron chi connectivity index (χ2n) is 5.93. The number of hydrogen-bond acceptors (Lipinski definition) is 3. The first-order valence-corrected chi connectivity index (χ1v) is 8.52. The van der Waals surface area contributed by atoms with Crippen LogP contribution in [0.2, 0.25) is 0 Å². The quantitative estimate of drug-likeness (QED) is 0.836. The second kappa shape index (κ2) is 6.19. The molecule has 3 rings (SSSR count). The molecule has 2 heterocycles. The number of thiophene rings is 1. The monoisotopic (exact) mass is 277 g/mol. The lowest BCUT2D eigenvalue weighted by Crippen LogP contribution is -2.46.